The van der Waals surface area contributed by atoms with Gasteiger partial charge in [0.1, 0.15) is 12.4 Å². The lowest BCUT2D eigenvalue weighted by atomic mass is 10.1. The Labute approximate surface area is 166 Å². The van der Waals surface area contributed by atoms with E-state index in [2.05, 4.69) is 10.3 Å². The van der Waals surface area contributed by atoms with E-state index in [1.54, 1.807) is 43.3 Å². The number of amides is 1. The predicted molar refractivity (Wildman–Crippen MR) is 105 cm³/mol. The van der Waals surface area contributed by atoms with Crippen LogP contribution < -0.4 is 10.9 Å². The van der Waals surface area contributed by atoms with Gasteiger partial charge in [0.2, 0.25) is 0 Å². The third-order valence-electron chi connectivity index (χ3n) is 4.44. The topological polar surface area (TPSA) is 90.3 Å². The second kappa shape index (κ2) is 8.64. The van der Waals surface area contributed by atoms with E-state index >= 15 is 0 Å². The first kappa shape index (κ1) is 20.2. The number of aromatic nitrogens is 2. The summed E-state index contributed by atoms with van der Waals surface area (Å²) in [6.45, 7) is 2.81. The molecule has 0 bridgehead atoms. The van der Waals surface area contributed by atoms with Crippen molar-refractivity contribution in [3.05, 3.63) is 76.6 Å². The van der Waals surface area contributed by atoms with E-state index in [0.29, 0.717) is 16.5 Å². The van der Waals surface area contributed by atoms with Gasteiger partial charge < -0.3 is 10.1 Å². The molecule has 0 saturated heterocycles. The SMILES string of the molecule is C[C@@H](OC(=O)Cn1cnc2ccccc2c1=O)C(=O)N[C@H](C)c1ccc(F)cc1. The maximum atomic E-state index is 13.0. The van der Waals surface area contributed by atoms with Crippen molar-refractivity contribution in [2.75, 3.05) is 0 Å². The van der Waals surface area contributed by atoms with Gasteiger partial charge in [-0.25, -0.2) is 9.37 Å². The third-order valence-corrected chi connectivity index (χ3v) is 4.44. The van der Waals surface area contributed by atoms with Crippen molar-refractivity contribution in [1.29, 1.82) is 0 Å². The summed E-state index contributed by atoms with van der Waals surface area (Å²) < 4.78 is 19.3. The zero-order valence-electron chi connectivity index (χ0n) is 16.0. The summed E-state index contributed by atoms with van der Waals surface area (Å²) >= 11 is 0. The van der Waals surface area contributed by atoms with Crippen LogP contribution in [0.2, 0.25) is 0 Å². The van der Waals surface area contributed by atoms with Crippen molar-refractivity contribution in [3.8, 4) is 0 Å². The Hall–Kier alpha value is -3.55. The van der Waals surface area contributed by atoms with Crippen molar-refractivity contribution in [1.82, 2.24) is 14.9 Å². The smallest absolute Gasteiger partial charge is 0.326 e. The molecule has 0 aliphatic carbocycles. The number of halogens is 1. The number of ether oxygens (including phenoxy) is 1. The highest BCUT2D eigenvalue weighted by Crippen LogP contribution is 2.13. The van der Waals surface area contributed by atoms with Crippen LogP contribution in [-0.2, 0) is 20.9 Å². The lowest BCUT2D eigenvalue weighted by Crippen LogP contribution is -2.38. The fourth-order valence-electron chi connectivity index (χ4n) is 2.81. The minimum Gasteiger partial charge on any atom is -0.451 e. The molecule has 1 N–H and O–H groups in total. The van der Waals surface area contributed by atoms with Crippen LogP contribution in [0, 0.1) is 5.82 Å². The van der Waals surface area contributed by atoms with E-state index in [-0.39, 0.29) is 17.9 Å². The predicted octanol–water partition coefficient (Wildman–Crippen LogP) is 2.34. The molecule has 0 unspecified atom stereocenters. The first-order chi connectivity index (χ1) is 13.8. The molecule has 150 valence electrons. The number of hydrogen-bond donors (Lipinski definition) is 1. The maximum absolute atomic E-state index is 13.0. The summed E-state index contributed by atoms with van der Waals surface area (Å²) in [7, 11) is 0. The number of nitrogens with zero attached hydrogens (tertiary/aromatic N) is 2. The van der Waals surface area contributed by atoms with Crippen molar-refractivity contribution < 1.29 is 18.7 Å². The molecule has 0 spiro atoms. The number of para-hydroxylation sites is 1. The number of rotatable bonds is 6. The van der Waals surface area contributed by atoms with Gasteiger partial charge >= 0.3 is 5.97 Å². The average Bonchev–Trinajstić information content (AvgIpc) is 2.70. The molecule has 1 heterocycles. The molecular weight excluding hydrogens is 377 g/mol. The lowest BCUT2D eigenvalue weighted by Gasteiger charge is -2.18. The van der Waals surface area contributed by atoms with E-state index in [0.717, 1.165) is 4.57 Å². The van der Waals surface area contributed by atoms with Crippen LogP contribution >= 0.6 is 0 Å². The van der Waals surface area contributed by atoms with Crippen LogP contribution in [0.4, 0.5) is 4.39 Å². The molecule has 0 aliphatic heterocycles. The van der Waals surface area contributed by atoms with Gasteiger partial charge in [0, 0.05) is 0 Å². The van der Waals surface area contributed by atoms with Gasteiger partial charge in [0.15, 0.2) is 6.10 Å². The van der Waals surface area contributed by atoms with Crippen LogP contribution in [-0.4, -0.2) is 27.5 Å². The van der Waals surface area contributed by atoms with Gasteiger partial charge in [-0.2, -0.15) is 0 Å². The number of hydrogen-bond acceptors (Lipinski definition) is 5. The number of esters is 1. The number of benzene rings is 2. The van der Waals surface area contributed by atoms with Gasteiger partial charge in [-0.3, -0.25) is 19.0 Å². The second-order valence-electron chi connectivity index (χ2n) is 6.61. The Morgan fingerprint density at radius 3 is 2.55 bits per heavy atom. The van der Waals surface area contributed by atoms with Gasteiger partial charge in [0.25, 0.3) is 11.5 Å². The van der Waals surface area contributed by atoms with E-state index in [1.807, 2.05) is 0 Å². The molecule has 0 aliphatic rings. The quantitative estimate of drug-likeness (QED) is 0.645. The van der Waals surface area contributed by atoms with E-state index in [9.17, 15) is 18.8 Å². The monoisotopic (exact) mass is 397 g/mol. The Morgan fingerprint density at radius 1 is 1.14 bits per heavy atom. The highest BCUT2D eigenvalue weighted by atomic mass is 19.1. The Bertz CT molecular complexity index is 1100. The molecule has 0 radical (unpaired) electrons. The largest absolute Gasteiger partial charge is 0.451 e. The molecule has 2 atom stereocenters. The van der Waals surface area contributed by atoms with Crippen LogP contribution in [0.1, 0.15) is 25.5 Å². The first-order valence-corrected chi connectivity index (χ1v) is 9.04. The van der Waals surface area contributed by atoms with Gasteiger partial charge in [-0.15, -0.1) is 0 Å². The summed E-state index contributed by atoms with van der Waals surface area (Å²) in [6.07, 6.45) is 0.210. The molecule has 1 amide bonds. The molecule has 0 saturated carbocycles. The Morgan fingerprint density at radius 2 is 1.83 bits per heavy atom. The molecule has 29 heavy (non-hydrogen) atoms. The Balaban J connectivity index is 1.60. The molecule has 1 aromatic heterocycles. The van der Waals surface area contributed by atoms with Gasteiger partial charge in [-0.1, -0.05) is 24.3 Å². The normalized spacial score (nSPS) is 12.9. The van der Waals surface area contributed by atoms with Crippen molar-refractivity contribution >= 4 is 22.8 Å². The van der Waals surface area contributed by atoms with Crippen molar-refractivity contribution in [3.63, 3.8) is 0 Å². The van der Waals surface area contributed by atoms with Crippen LogP contribution in [0.5, 0.6) is 0 Å². The second-order valence-corrected chi connectivity index (χ2v) is 6.61. The minimum absolute atomic E-state index is 0.359. The highest BCUT2D eigenvalue weighted by Gasteiger charge is 2.20. The Kier molecular flexibility index (Phi) is 6.01. The first-order valence-electron chi connectivity index (χ1n) is 9.04. The zero-order chi connectivity index (χ0) is 21.0. The molecule has 2 aromatic carbocycles. The average molecular weight is 397 g/mol. The highest BCUT2D eigenvalue weighted by molar-refractivity contribution is 5.83. The minimum atomic E-state index is -1.06. The molecule has 3 rings (SSSR count). The molecular formula is C21H20FN3O4. The fraction of sp³-hybridized carbons (Fsp3) is 0.238. The molecule has 0 fully saturated rings. The van der Waals surface area contributed by atoms with Gasteiger partial charge in [-0.05, 0) is 43.7 Å². The zero-order valence-corrected chi connectivity index (χ0v) is 16.0. The summed E-state index contributed by atoms with van der Waals surface area (Å²) in [5, 5.41) is 3.09. The summed E-state index contributed by atoms with van der Waals surface area (Å²) in [5.41, 5.74) is 0.881. The van der Waals surface area contributed by atoms with E-state index in [4.69, 9.17) is 4.74 Å². The maximum Gasteiger partial charge on any atom is 0.326 e. The summed E-state index contributed by atoms with van der Waals surface area (Å²) in [5.74, 6) is -1.60. The standard InChI is InChI=1S/C21H20FN3O4/c1-13(15-7-9-16(22)10-8-15)24-20(27)14(2)29-19(26)11-25-12-23-18-6-4-3-5-17(18)21(25)28/h3-10,12-14H,11H2,1-2H3,(H,24,27)/t13-,14-/m1/s1. The van der Waals surface area contributed by atoms with E-state index in [1.165, 1.54) is 25.4 Å². The van der Waals surface area contributed by atoms with Crippen molar-refractivity contribution in [2.24, 2.45) is 0 Å². The third kappa shape index (κ3) is 4.84. The lowest BCUT2D eigenvalue weighted by molar-refractivity contribution is -0.155. The van der Waals surface area contributed by atoms with Crippen molar-refractivity contribution in [2.45, 2.75) is 32.5 Å². The van der Waals surface area contributed by atoms with Gasteiger partial charge in [0.05, 0.1) is 23.3 Å². The molecule has 8 heteroatoms. The van der Waals surface area contributed by atoms with Crippen LogP contribution in [0.3, 0.4) is 0 Å². The fourth-order valence-corrected chi connectivity index (χ4v) is 2.81. The number of carbonyl (C=O) groups excluding carboxylic acids is 2. The number of fused-ring (bicyclic) bond motifs is 1. The summed E-state index contributed by atoms with van der Waals surface area (Å²) in [4.78, 5) is 41.0. The van der Waals surface area contributed by atoms with E-state index < -0.39 is 24.0 Å². The van der Waals surface area contributed by atoms with Crippen LogP contribution in [0.15, 0.2) is 59.7 Å². The molecule has 7 nitrogen and oxygen atoms in total. The molecule has 3 aromatic rings. The summed E-state index contributed by atoms with van der Waals surface area (Å²) in [6, 6.07) is 12.1. The number of nitrogens with one attached hydrogen (secondary N) is 1. The number of carbonyl (C=O) groups is 2. The van der Waals surface area contributed by atoms with Crippen LogP contribution in [0.25, 0.3) is 10.9 Å².